The second kappa shape index (κ2) is 9.40. The molecule has 0 aromatic heterocycles. The number of fused-ring (bicyclic) bond motifs is 3. The highest BCUT2D eigenvalue weighted by Gasteiger charge is 2.55. The van der Waals surface area contributed by atoms with Crippen molar-refractivity contribution in [2.45, 2.75) is 58.5 Å². The van der Waals surface area contributed by atoms with Gasteiger partial charge in [0, 0.05) is 13.0 Å². The molecular formula is C26H32ClNO4. The van der Waals surface area contributed by atoms with Crippen LogP contribution < -0.4 is 0 Å². The minimum absolute atomic E-state index is 0.000235. The number of nitrogens with zero attached hydrogens (tertiary/aromatic N) is 1. The molecule has 0 unspecified atom stereocenters. The lowest BCUT2D eigenvalue weighted by atomic mass is 9.69. The molecule has 5 nitrogen and oxygen atoms in total. The van der Waals surface area contributed by atoms with Gasteiger partial charge in [0.2, 0.25) is 11.8 Å². The summed E-state index contributed by atoms with van der Waals surface area (Å²) in [4.78, 5) is 26.7. The molecule has 6 heteroatoms. The van der Waals surface area contributed by atoms with Crippen LogP contribution in [0.15, 0.2) is 34.9 Å². The largest absolute Gasteiger partial charge is 0.508 e. The van der Waals surface area contributed by atoms with Crippen LogP contribution >= 0.6 is 11.6 Å². The SMILES string of the molecule is CCC/C(=C\c1ccc(O)cc1Cl)CC[C@H]1OC[C@H]2C1=C(CC)C[C@H]1C(=O)N(C)C(=O)[C@H]12. The second-order valence-corrected chi connectivity index (χ2v) is 9.62. The number of hydrogen-bond acceptors (Lipinski definition) is 4. The third kappa shape index (κ3) is 4.13. The molecule has 0 saturated carbocycles. The number of likely N-dealkylation sites (tertiary alicyclic amines) is 1. The molecule has 0 bridgehead atoms. The van der Waals surface area contributed by atoms with Crippen LogP contribution in [0.3, 0.4) is 0 Å². The number of amides is 2. The lowest BCUT2D eigenvalue weighted by molar-refractivity contribution is -0.138. The van der Waals surface area contributed by atoms with Gasteiger partial charge in [-0.25, -0.2) is 0 Å². The average Bonchev–Trinajstić information content (AvgIpc) is 3.28. The first-order valence-electron chi connectivity index (χ1n) is 11.7. The fourth-order valence-corrected chi connectivity index (χ4v) is 5.96. The highest BCUT2D eigenvalue weighted by atomic mass is 35.5. The smallest absolute Gasteiger partial charge is 0.233 e. The van der Waals surface area contributed by atoms with Crippen LogP contribution in [0.4, 0.5) is 0 Å². The van der Waals surface area contributed by atoms with Crippen molar-refractivity contribution in [1.29, 1.82) is 0 Å². The molecule has 1 aromatic carbocycles. The summed E-state index contributed by atoms with van der Waals surface area (Å²) in [5.41, 5.74) is 4.79. The predicted octanol–water partition coefficient (Wildman–Crippen LogP) is 5.37. The fraction of sp³-hybridized carbons (Fsp3) is 0.538. The molecule has 3 aliphatic rings. The minimum Gasteiger partial charge on any atom is -0.508 e. The normalized spacial score (nSPS) is 27.9. The lowest BCUT2D eigenvalue weighted by Crippen LogP contribution is -2.33. The summed E-state index contributed by atoms with van der Waals surface area (Å²) in [6.45, 7) is 4.82. The number of benzene rings is 1. The highest BCUT2D eigenvalue weighted by Crippen LogP contribution is 2.50. The van der Waals surface area contributed by atoms with Gasteiger partial charge in [-0.1, -0.05) is 49.1 Å². The Hall–Kier alpha value is -2.11. The van der Waals surface area contributed by atoms with E-state index in [1.165, 1.54) is 21.6 Å². The maximum Gasteiger partial charge on any atom is 0.233 e. The molecule has 32 heavy (non-hydrogen) atoms. The summed E-state index contributed by atoms with van der Waals surface area (Å²) in [7, 11) is 1.61. The second-order valence-electron chi connectivity index (χ2n) is 9.21. The molecule has 4 rings (SSSR count). The Morgan fingerprint density at radius 2 is 2.00 bits per heavy atom. The van der Waals surface area contributed by atoms with E-state index in [2.05, 4.69) is 19.9 Å². The van der Waals surface area contributed by atoms with Gasteiger partial charge in [-0.2, -0.15) is 0 Å². The van der Waals surface area contributed by atoms with Crippen molar-refractivity contribution >= 4 is 29.5 Å². The van der Waals surface area contributed by atoms with Gasteiger partial charge < -0.3 is 9.84 Å². The Labute approximate surface area is 195 Å². The molecule has 0 spiro atoms. The highest BCUT2D eigenvalue weighted by molar-refractivity contribution is 6.32. The van der Waals surface area contributed by atoms with Crippen LogP contribution in [0, 0.1) is 17.8 Å². The molecule has 1 N–H and O–H groups in total. The van der Waals surface area contributed by atoms with Gasteiger partial charge in [-0.15, -0.1) is 0 Å². The lowest BCUT2D eigenvalue weighted by Gasteiger charge is -2.31. The molecule has 2 aliphatic heterocycles. The van der Waals surface area contributed by atoms with Crippen LogP contribution in [0.5, 0.6) is 5.75 Å². The van der Waals surface area contributed by atoms with Crippen molar-refractivity contribution in [3.8, 4) is 5.75 Å². The molecule has 2 saturated heterocycles. The van der Waals surface area contributed by atoms with E-state index in [4.69, 9.17) is 16.3 Å². The number of halogens is 1. The number of rotatable bonds is 7. The summed E-state index contributed by atoms with van der Waals surface area (Å²) in [6, 6.07) is 5.06. The average molecular weight is 458 g/mol. The maximum absolute atomic E-state index is 12.8. The van der Waals surface area contributed by atoms with Crippen LogP contribution in [-0.2, 0) is 14.3 Å². The van der Waals surface area contributed by atoms with Gasteiger partial charge in [0.1, 0.15) is 5.75 Å². The molecular weight excluding hydrogens is 426 g/mol. The predicted molar refractivity (Wildman–Crippen MR) is 125 cm³/mol. The first kappa shape index (κ1) is 23.1. The number of phenols is 1. The van der Waals surface area contributed by atoms with Gasteiger partial charge in [-0.05, 0) is 61.4 Å². The number of phenolic OH excluding ortho intramolecular Hbond substituents is 1. The standard InChI is InChI=1S/C26H32ClNO4/c1-4-6-15(11-17-8-9-18(29)13-21(17)27)7-10-22-23-16(5-2)12-19-24(20(23)14-32-22)26(31)28(3)25(19)30/h8-9,11,13,19-20,22,24,29H,4-7,10,12,14H2,1-3H3/b15-11+/t19-,20+,22-,24-/m1/s1. The van der Waals surface area contributed by atoms with E-state index in [1.807, 2.05) is 6.07 Å². The molecule has 2 heterocycles. The summed E-state index contributed by atoms with van der Waals surface area (Å²) in [5, 5.41) is 10.2. The Balaban J connectivity index is 1.54. The van der Waals surface area contributed by atoms with Crippen molar-refractivity contribution in [3.05, 3.63) is 45.5 Å². The number of hydrogen-bond donors (Lipinski definition) is 1. The summed E-state index contributed by atoms with van der Waals surface area (Å²) in [5.74, 6) is -0.368. The minimum atomic E-state index is -0.260. The monoisotopic (exact) mass is 457 g/mol. The Kier molecular flexibility index (Phi) is 6.78. The Bertz CT molecular complexity index is 982. The van der Waals surface area contributed by atoms with Crippen molar-refractivity contribution in [2.75, 3.05) is 13.7 Å². The summed E-state index contributed by atoms with van der Waals surface area (Å²) >= 11 is 6.32. The topological polar surface area (TPSA) is 66.8 Å². The number of carbonyl (C=O) groups excluding carboxylic acids is 2. The molecule has 1 aromatic rings. The number of imide groups is 1. The number of allylic oxidation sites excluding steroid dienone is 2. The summed E-state index contributed by atoms with van der Waals surface area (Å²) in [6.07, 6.45) is 7.43. The van der Waals surface area contributed by atoms with E-state index in [9.17, 15) is 14.7 Å². The van der Waals surface area contributed by atoms with Gasteiger partial charge in [-0.3, -0.25) is 14.5 Å². The van der Waals surface area contributed by atoms with Gasteiger partial charge >= 0.3 is 0 Å². The van der Waals surface area contributed by atoms with Crippen molar-refractivity contribution in [3.63, 3.8) is 0 Å². The maximum atomic E-state index is 12.8. The van der Waals surface area contributed by atoms with E-state index in [1.54, 1.807) is 19.2 Å². The van der Waals surface area contributed by atoms with Crippen LogP contribution in [0.2, 0.25) is 5.02 Å². The Morgan fingerprint density at radius 1 is 1.22 bits per heavy atom. The number of ether oxygens (including phenoxy) is 1. The summed E-state index contributed by atoms with van der Waals surface area (Å²) < 4.78 is 6.25. The van der Waals surface area contributed by atoms with E-state index < -0.39 is 0 Å². The zero-order valence-corrected chi connectivity index (χ0v) is 19.8. The number of carbonyl (C=O) groups is 2. The fourth-order valence-electron chi connectivity index (χ4n) is 5.73. The van der Waals surface area contributed by atoms with Crippen LogP contribution in [-0.4, -0.2) is 41.6 Å². The first-order valence-corrected chi connectivity index (χ1v) is 12.1. The molecule has 1 aliphatic carbocycles. The molecule has 172 valence electrons. The van der Waals surface area contributed by atoms with Crippen LogP contribution in [0.25, 0.3) is 6.08 Å². The van der Waals surface area contributed by atoms with Crippen LogP contribution in [0.1, 0.15) is 57.9 Å². The van der Waals surface area contributed by atoms with E-state index >= 15 is 0 Å². The zero-order valence-electron chi connectivity index (χ0n) is 19.1. The van der Waals surface area contributed by atoms with Gasteiger partial charge in [0.25, 0.3) is 0 Å². The molecule has 2 amide bonds. The third-order valence-electron chi connectivity index (χ3n) is 7.30. The molecule has 4 atom stereocenters. The van der Waals surface area contributed by atoms with E-state index in [0.29, 0.717) is 18.1 Å². The van der Waals surface area contributed by atoms with E-state index in [0.717, 1.165) is 37.7 Å². The third-order valence-corrected chi connectivity index (χ3v) is 7.62. The van der Waals surface area contributed by atoms with Gasteiger partial charge in [0.15, 0.2) is 0 Å². The van der Waals surface area contributed by atoms with Crippen molar-refractivity contribution in [1.82, 2.24) is 4.90 Å². The van der Waals surface area contributed by atoms with E-state index in [-0.39, 0.29) is 41.4 Å². The van der Waals surface area contributed by atoms with Crippen molar-refractivity contribution < 1.29 is 19.4 Å². The molecule has 0 radical (unpaired) electrons. The number of aromatic hydroxyl groups is 1. The quantitative estimate of drug-likeness (QED) is 0.441. The Morgan fingerprint density at radius 3 is 2.69 bits per heavy atom. The van der Waals surface area contributed by atoms with Gasteiger partial charge in [0.05, 0.1) is 29.6 Å². The zero-order chi connectivity index (χ0) is 23.0. The van der Waals surface area contributed by atoms with Crippen molar-refractivity contribution in [2.24, 2.45) is 17.8 Å². The molecule has 2 fully saturated rings. The first-order chi connectivity index (χ1) is 15.3.